The van der Waals surface area contributed by atoms with E-state index in [2.05, 4.69) is 15.0 Å². The second-order valence-electron chi connectivity index (χ2n) is 2.04. The van der Waals surface area contributed by atoms with Crippen LogP contribution in [0.15, 0.2) is 23.5 Å². The minimum Gasteiger partial charge on any atom is -0.363 e. The molecule has 0 radical (unpaired) electrons. The van der Waals surface area contributed by atoms with Gasteiger partial charge in [0.15, 0.2) is 5.52 Å². The van der Waals surface area contributed by atoms with E-state index in [1.165, 1.54) is 6.33 Å². The average Bonchev–Trinajstić information content (AvgIpc) is 2.36. The Balaban J connectivity index is 3.09. The van der Waals surface area contributed by atoms with Gasteiger partial charge < -0.3 is 4.98 Å². The Hall–Kier alpha value is -1.58. The molecular formula is C6H6N3O+. The van der Waals surface area contributed by atoms with Crippen LogP contribution in [0.5, 0.6) is 0 Å². The van der Waals surface area contributed by atoms with Gasteiger partial charge in [-0.25, -0.2) is 14.8 Å². The van der Waals surface area contributed by atoms with Crippen molar-refractivity contribution in [1.82, 2.24) is 9.97 Å². The maximum absolute atomic E-state index is 10.9. The van der Waals surface area contributed by atoms with Crippen molar-refractivity contribution >= 4 is 10.9 Å². The third kappa shape index (κ3) is 0.556. The highest BCUT2D eigenvalue weighted by molar-refractivity contribution is 5.72. The fourth-order valence-corrected chi connectivity index (χ4v) is 0.928. The summed E-state index contributed by atoms with van der Waals surface area (Å²) in [6, 6.07) is 0. The molecule has 0 fully saturated rings. The molecule has 3 N–H and O–H groups in total. The maximum atomic E-state index is 10.9. The molecule has 0 spiro atoms. The zero-order valence-corrected chi connectivity index (χ0v) is 5.14. The Bertz CT molecular complexity index is 400. The first kappa shape index (κ1) is 5.22. The van der Waals surface area contributed by atoms with E-state index >= 15 is 0 Å². The molecule has 4 heteroatoms. The molecule has 0 bridgehead atoms. The minimum absolute atomic E-state index is 0.0741. The molecule has 0 saturated carbocycles. The molecular weight excluding hydrogens is 130 g/mol. The normalized spacial score (nSPS) is 10.4. The lowest BCUT2D eigenvalue weighted by atomic mass is 10.4. The van der Waals surface area contributed by atoms with Crippen LogP contribution in [-0.4, -0.2) is 9.97 Å². The molecule has 0 aliphatic rings. The van der Waals surface area contributed by atoms with Gasteiger partial charge in [-0.3, -0.25) is 0 Å². The Morgan fingerprint density at radius 2 is 2.30 bits per heavy atom. The Labute approximate surface area is 55.9 Å². The number of hydrogen-bond acceptors (Lipinski definition) is 1. The van der Waals surface area contributed by atoms with Crippen LogP contribution in [0.4, 0.5) is 0 Å². The van der Waals surface area contributed by atoms with Crippen LogP contribution >= 0.6 is 0 Å². The lowest BCUT2D eigenvalue weighted by molar-refractivity contribution is -0.349. The van der Waals surface area contributed by atoms with Crippen molar-refractivity contribution in [2.75, 3.05) is 0 Å². The predicted octanol–water partition coefficient (Wildman–Crippen LogP) is -0.330. The highest BCUT2D eigenvalue weighted by Gasteiger charge is 2.01. The van der Waals surface area contributed by atoms with Crippen molar-refractivity contribution in [2.24, 2.45) is 0 Å². The van der Waals surface area contributed by atoms with Gasteiger partial charge in [0.05, 0.1) is 0 Å². The van der Waals surface area contributed by atoms with Gasteiger partial charge in [-0.05, 0) is 0 Å². The van der Waals surface area contributed by atoms with Gasteiger partial charge in [0.25, 0.3) is 0 Å². The summed E-state index contributed by atoms with van der Waals surface area (Å²) in [5, 5.41) is 0.655. The summed E-state index contributed by atoms with van der Waals surface area (Å²) in [5.74, 6) is 0. The summed E-state index contributed by atoms with van der Waals surface area (Å²) in [5.41, 5.74) is 0.749. The van der Waals surface area contributed by atoms with E-state index in [0.29, 0.717) is 5.39 Å². The predicted molar refractivity (Wildman–Crippen MR) is 35.5 cm³/mol. The van der Waals surface area contributed by atoms with Gasteiger partial charge >= 0.3 is 5.56 Å². The smallest absolute Gasteiger partial charge is 0.344 e. The van der Waals surface area contributed by atoms with Crippen molar-refractivity contribution in [3.05, 3.63) is 29.1 Å². The van der Waals surface area contributed by atoms with Crippen LogP contribution in [-0.2, 0) is 0 Å². The van der Waals surface area contributed by atoms with Crippen molar-refractivity contribution in [3.63, 3.8) is 0 Å². The maximum Gasteiger partial charge on any atom is 0.344 e. The fourth-order valence-electron chi connectivity index (χ4n) is 0.928. The van der Waals surface area contributed by atoms with E-state index in [4.69, 9.17) is 0 Å². The van der Waals surface area contributed by atoms with Crippen molar-refractivity contribution in [3.8, 4) is 0 Å². The average molecular weight is 136 g/mol. The topological polar surface area (TPSA) is 62.8 Å². The zero-order chi connectivity index (χ0) is 6.97. The number of hydrogen-bond donors (Lipinski definition) is 2. The fraction of sp³-hybridized carbons (Fsp3) is 0. The highest BCUT2D eigenvalue weighted by atomic mass is 16.1. The molecule has 0 saturated heterocycles. The molecule has 0 atom stereocenters. The summed E-state index contributed by atoms with van der Waals surface area (Å²) in [7, 11) is 0. The standard InChI is InChI=1S/C6H5N3O/c10-6-4-1-7-2-5(4)8-3-9-6/h1-3,7H,(H,8,9,10)/p+1. The van der Waals surface area contributed by atoms with E-state index in [-0.39, 0.29) is 5.56 Å². The van der Waals surface area contributed by atoms with Crippen LogP contribution < -0.4 is 10.5 Å². The Kier molecular flexibility index (Phi) is 0.887. The van der Waals surface area contributed by atoms with Crippen molar-refractivity contribution in [1.29, 1.82) is 0 Å². The van der Waals surface area contributed by atoms with Gasteiger partial charge in [0.1, 0.15) is 5.39 Å². The van der Waals surface area contributed by atoms with E-state index in [1.54, 1.807) is 12.4 Å². The monoisotopic (exact) mass is 136 g/mol. The highest BCUT2D eigenvalue weighted by Crippen LogP contribution is 1.97. The Morgan fingerprint density at radius 1 is 1.40 bits per heavy atom. The molecule has 0 aliphatic carbocycles. The molecule has 2 aromatic heterocycles. The first-order valence-corrected chi connectivity index (χ1v) is 2.94. The van der Waals surface area contributed by atoms with Gasteiger partial charge in [-0.15, -0.1) is 0 Å². The van der Waals surface area contributed by atoms with Crippen molar-refractivity contribution in [2.45, 2.75) is 0 Å². The number of nitrogens with one attached hydrogen (secondary N) is 3. The third-order valence-corrected chi connectivity index (χ3v) is 1.42. The molecule has 4 nitrogen and oxygen atoms in total. The number of aromatic nitrogens is 3. The molecule has 0 amide bonds. The van der Waals surface area contributed by atoms with Gasteiger partial charge in [-0.2, -0.15) is 0 Å². The molecule has 2 rings (SSSR count). The second-order valence-corrected chi connectivity index (χ2v) is 2.04. The number of rotatable bonds is 0. The largest absolute Gasteiger partial charge is 0.363 e. The molecule has 0 aliphatic heterocycles. The van der Waals surface area contributed by atoms with E-state index < -0.39 is 0 Å². The lowest BCUT2D eigenvalue weighted by Crippen LogP contribution is -2.13. The molecule has 0 aromatic carbocycles. The van der Waals surface area contributed by atoms with E-state index in [0.717, 1.165) is 5.52 Å². The third-order valence-electron chi connectivity index (χ3n) is 1.42. The quantitative estimate of drug-likeness (QED) is 0.511. The lowest BCUT2D eigenvalue weighted by Gasteiger charge is -1.76. The summed E-state index contributed by atoms with van der Waals surface area (Å²) in [4.78, 5) is 19.2. The summed E-state index contributed by atoms with van der Waals surface area (Å²) in [6.07, 6.45) is 4.91. The Morgan fingerprint density at radius 3 is 3.10 bits per heavy atom. The second kappa shape index (κ2) is 1.70. The van der Waals surface area contributed by atoms with Crippen LogP contribution in [0, 0.1) is 0 Å². The number of H-pyrrole nitrogens is 3. The van der Waals surface area contributed by atoms with E-state index in [1.807, 2.05) is 0 Å². The van der Waals surface area contributed by atoms with Crippen molar-refractivity contribution < 1.29 is 4.98 Å². The van der Waals surface area contributed by atoms with E-state index in [9.17, 15) is 4.79 Å². The van der Waals surface area contributed by atoms with Crippen LogP contribution in [0.1, 0.15) is 0 Å². The zero-order valence-electron chi connectivity index (χ0n) is 5.14. The molecule has 2 heterocycles. The summed E-state index contributed by atoms with van der Waals surface area (Å²) < 4.78 is 0. The van der Waals surface area contributed by atoms with Gasteiger partial charge in [0.2, 0.25) is 6.33 Å². The van der Waals surface area contributed by atoms with Crippen LogP contribution in [0.3, 0.4) is 0 Å². The molecule has 2 aromatic rings. The van der Waals surface area contributed by atoms with Gasteiger partial charge in [-0.1, -0.05) is 0 Å². The number of fused-ring (bicyclic) bond motifs is 1. The first-order valence-electron chi connectivity index (χ1n) is 2.94. The summed E-state index contributed by atoms with van der Waals surface area (Å²) >= 11 is 0. The van der Waals surface area contributed by atoms with Crippen LogP contribution in [0.25, 0.3) is 10.9 Å². The molecule has 10 heavy (non-hydrogen) atoms. The molecule has 50 valence electrons. The summed E-state index contributed by atoms with van der Waals surface area (Å²) in [6.45, 7) is 0. The van der Waals surface area contributed by atoms with Gasteiger partial charge in [0, 0.05) is 12.4 Å². The molecule has 0 unspecified atom stereocenters. The number of aromatic amines is 3. The minimum atomic E-state index is -0.0741. The first-order chi connectivity index (χ1) is 4.88. The van der Waals surface area contributed by atoms with Crippen LogP contribution in [0.2, 0.25) is 0 Å². The SMILES string of the molecule is O=c1[nH]c[nH+]c2c[nH]cc12.